The van der Waals surface area contributed by atoms with Gasteiger partial charge < -0.3 is 5.32 Å². The number of carbonyl (C=O) groups is 2. The van der Waals surface area contributed by atoms with Crippen molar-refractivity contribution >= 4 is 39.1 Å². The van der Waals surface area contributed by atoms with E-state index in [2.05, 4.69) is 5.32 Å². The zero-order valence-electron chi connectivity index (χ0n) is 12.6. The molecule has 0 aromatic heterocycles. The number of carbonyl (C=O) groups excluding carboxylic acids is 2. The van der Waals surface area contributed by atoms with E-state index in [1.165, 1.54) is 25.1 Å². The molecule has 0 spiro atoms. The summed E-state index contributed by atoms with van der Waals surface area (Å²) in [5.41, 5.74) is 0.410. The van der Waals surface area contributed by atoms with Gasteiger partial charge in [-0.1, -0.05) is 35.9 Å². The molecule has 0 saturated heterocycles. The summed E-state index contributed by atoms with van der Waals surface area (Å²) in [6, 6.07) is 11.2. The van der Waals surface area contributed by atoms with Crippen LogP contribution in [0, 0.1) is 0 Å². The Labute approximate surface area is 144 Å². The molecule has 1 heterocycles. The molecule has 124 valence electrons. The highest BCUT2D eigenvalue weighted by Gasteiger charge is 2.45. The number of amides is 2. The molecule has 0 fully saturated rings. The van der Waals surface area contributed by atoms with Gasteiger partial charge in [0.05, 0.1) is 16.3 Å². The number of hydrogen-bond donors (Lipinski definition) is 1. The van der Waals surface area contributed by atoms with Crippen LogP contribution in [0.1, 0.15) is 17.3 Å². The Morgan fingerprint density at radius 3 is 2.42 bits per heavy atom. The van der Waals surface area contributed by atoms with Crippen molar-refractivity contribution in [3.05, 3.63) is 59.1 Å². The van der Waals surface area contributed by atoms with Crippen molar-refractivity contribution in [1.82, 2.24) is 4.31 Å². The van der Waals surface area contributed by atoms with E-state index in [1.807, 2.05) is 0 Å². The lowest BCUT2D eigenvalue weighted by Crippen LogP contribution is -2.45. The van der Waals surface area contributed by atoms with Crippen LogP contribution in [0.25, 0.3) is 0 Å². The Morgan fingerprint density at radius 2 is 1.75 bits per heavy atom. The van der Waals surface area contributed by atoms with Crippen LogP contribution in [0.3, 0.4) is 0 Å². The molecule has 3 rings (SSSR count). The SMILES string of the molecule is C[C@H](C(=O)Nc1ccccc1Cl)N1C(=O)c2ccccc2S1(=O)=O. The van der Waals surface area contributed by atoms with E-state index in [4.69, 9.17) is 11.6 Å². The summed E-state index contributed by atoms with van der Waals surface area (Å²) in [5, 5.41) is 2.86. The molecule has 2 aromatic rings. The third kappa shape index (κ3) is 2.55. The van der Waals surface area contributed by atoms with Gasteiger partial charge in [0, 0.05) is 0 Å². The first-order valence-electron chi connectivity index (χ1n) is 7.07. The van der Waals surface area contributed by atoms with Crippen LogP contribution in [-0.2, 0) is 14.8 Å². The number of anilines is 1. The molecule has 0 radical (unpaired) electrons. The number of nitrogens with one attached hydrogen (secondary N) is 1. The van der Waals surface area contributed by atoms with Gasteiger partial charge >= 0.3 is 0 Å². The maximum Gasteiger partial charge on any atom is 0.269 e. The molecule has 2 amide bonds. The van der Waals surface area contributed by atoms with Crippen LogP contribution >= 0.6 is 11.6 Å². The number of rotatable bonds is 3. The summed E-state index contributed by atoms with van der Waals surface area (Å²) in [7, 11) is -4.05. The summed E-state index contributed by atoms with van der Waals surface area (Å²) in [5.74, 6) is -1.36. The minimum Gasteiger partial charge on any atom is -0.323 e. The molecular weight excluding hydrogens is 352 g/mol. The Morgan fingerprint density at radius 1 is 1.12 bits per heavy atom. The minimum atomic E-state index is -4.05. The normalized spacial score (nSPS) is 16.6. The zero-order valence-corrected chi connectivity index (χ0v) is 14.1. The first-order chi connectivity index (χ1) is 11.3. The van der Waals surface area contributed by atoms with Gasteiger partial charge in [-0.3, -0.25) is 9.59 Å². The van der Waals surface area contributed by atoms with Gasteiger partial charge in [0.25, 0.3) is 15.9 Å². The van der Waals surface area contributed by atoms with Crippen LogP contribution in [-0.4, -0.2) is 30.6 Å². The molecule has 2 aromatic carbocycles. The van der Waals surface area contributed by atoms with Crippen molar-refractivity contribution in [2.24, 2.45) is 0 Å². The Balaban J connectivity index is 1.91. The predicted octanol–water partition coefficient (Wildman–Crippen LogP) is 2.51. The standard InChI is InChI=1S/C16H13ClN2O4S/c1-10(15(20)18-13-8-4-3-7-12(13)17)19-16(21)11-6-2-5-9-14(11)24(19,22)23/h2-10H,1H3,(H,18,20)/t10-/m1/s1. The Hall–Kier alpha value is -2.38. The summed E-state index contributed by atoms with van der Waals surface area (Å²) in [6.07, 6.45) is 0. The van der Waals surface area contributed by atoms with E-state index in [0.717, 1.165) is 0 Å². The summed E-state index contributed by atoms with van der Waals surface area (Å²) < 4.78 is 25.7. The van der Waals surface area contributed by atoms with Gasteiger partial charge in [-0.05, 0) is 31.2 Å². The number of para-hydroxylation sites is 1. The minimum absolute atomic E-state index is 0.0647. The average Bonchev–Trinajstić information content (AvgIpc) is 2.76. The van der Waals surface area contributed by atoms with Crippen LogP contribution in [0.4, 0.5) is 5.69 Å². The molecule has 0 aliphatic carbocycles. The van der Waals surface area contributed by atoms with E-state index >= 15 is 0 Å². The fourth-order valence-corrected chi connectivity index (χ4v) is 4.40. The maximum absolute atomic E-state index is 12.6. The third-order valence-corrected chi connectivity index (χ3v) is 5.96. The summed E-state index contributed by atoms with van der Waals surface area (Å²) >= 11 is 5.98. The number of nitrogens with zero attached hydrogens (tertiary/aromatic N) is 1. The fourth-order valence-electron chi connectivity index (χ4n) is 2.49. The van der Waals surface area contributed by atoms with Gasteiger partial charge in [0.2, 0.25) is 5.91 Å². The van der Waals surface area contributed by atoms with Crippen molar-refractivity contribution in [1.29, 1.82) is 0 Å². The first kappa shape index (κ1) is 16.5. The molecular formula is C16H13ClN2O4S. The Bertz CT molecular complexity index is 943. The van der Waals surface area contributed by atoms with Crippen molar-refractivity contribution < 1.29 is 18.0 Å². The van der Waals surface area contributed by atoms with Crippen LogP contribution in [0.5, 0.6) is 0 Å². The second kappa shape index (κ2) is 5.92. The van der Waals surface area contributed by atoms with Gasteiger partial charge in [-0.15, -0.1) is 0 Å². The van der Waals surface area contributed by atoms with E-state index < -0.39 is 27.9 Å². The number of halogens is 1. The highest BCUT2D eigenvalue weighted by molar-refractivity contribution is 7.90. The highest BCUT2D eigenvalue weighted by atomic mass is 35.5. The first-order valence-corrected chi connectivity index (χ1v) is 8.89. The summed E-state index contributed by atoms with van der Waals surface area (Å²) in [4.78, 5) is 24.7. The number of hydrogen-bond acceptors (Lipinski definition) is 4. The molecule has 6 nitrogen and oxygen atoms in total. The topological polar surface area (TPSA) is 83.6 Å². The fraction of sp³-hybridized carbons (Fsp3) is 0.125. The molecule has 1 N–H and O–H groups in total. The molecule has 24 heavy (non-hydrogen) atoms. The lowest BCUT2D eigenvalue weighted by molar-refractivity contribution is -0.118. The summed E-state index contributed by atoms with van der Waals surface area (Å²) in [6.45, 7) is 1.35. The number of fused-ring (bicyclic) bond motifs is 1. The predicted molar refractivity (Wildman–Crippen MR) is 89.3 cm³/mol. The van der Waals surface area contributed by atoms with Crippen LogP contribution < -0.4 is 5.32 Å². The van der Waals surface area contributed by atoms with E-state index in [0.29, 0.717) is 15.0 Å². The quantitative estimate of drug-likeness (QED) is 0.907. The van der Waals surface area contributed by atoms with Gasteiger partial charge in [-0.2, -0.15) is 0 Å². The van der Waals surface area contributed by atoms with Crippen molar-refractivity contribution in [2.45, 2.75) is 17.9 Å². The number of benzene rings is 2. The molecule has 1 aliphatic rings. The van der Waals surface area contributed by atoms with E-state index in [9.17, 15) is 18.0 Å². The van der Waals surface area contributed by atoms with Gasteiger partial charge in [-0.25, -0.2) is 12.7 Å². The second-order valence-corrected chi connectivity index (χ2v) is 7.44. The largest absolute Gasteiger partial charge is 0.323 e. The molecule has 1 atom stereocenters. The maximum atomic E-state index is 12.6. The molecule has 0 unspecified atom stereocenters. The molecule has 0 saturated carbocycles. The average molecular weight is 365 g/mol. The molecule has 0 bridgehead atoms. The zero-order chi connectivity index (χ0) is 17.5. The van der Waals surface area contributed by atoms with Gasteiger partial charge in [0.15, 0.2) is 0 Å². The lowest BCUT2D eigenvalue weighted by Gasteiger charge is -2.22. The monoisotopic (exact) mass is 364 g/mol. The van der Waals surface area contributed by atoms with Crippen molar-refractivity contribution in [3.63, 3.8) is 0 Å². The van der Waals surface area contributed by atoms with Crippen LogP contribution in [0.15, 0.2) is 53.4 Å². The Kier molecular flexibility index (Phi) is 4.06. The smallest absolute Gasteiger partial charge is 0.269 e. The lowest BCUT2D eigenvalue weighted by atomic mass is 10.2. The van der Waals surface area contributed by atoms with Gasteiger partial charge in [0.1, 0.15) is 10.9 Å². The third-order valence-electron chi connectivity index (χ3n) is 3.72. The molecule has 1 aliphatic heterocycles. The van der Waals surface area contributed by atoms with E-state index in [-0.39, 0.29) is 10.5 Å². The highest BCUT2D eigenvalue weighted by Crippen LogP contribution is 2.32. The van der Waals surface area contributed by atoms with Crippen molar-refractivity contribution in [2.75, 3.05) is 5.32 Å². The van der Waals surface area contributed by atoms with Crippen LogP contribution in [0.2, 0.25) is 5.02 Å². The molecule has 8 heteroatoms. The second-order valence-electron chi connectivity index (χ2n) is 5.25. The van der Waals surface area contributed by atoms with E-state index in [1.54, 1.807) is 30.3 Å². The number of sulfonamides is 1. The van der Waals surface area contributed by atoms with Crippen molar-refractivity contribution in [3.8, 4) is 0 Å².